The number of nitrogens with one attached hydrogen (secondary N) is 3. The zero-order valence-corrected chi connectivity index (χ0v) is 11.5. The van der Waals surface area contributed by atoms with Gasteiger partial charge in [0.15, 0.2) is 0 Å². The molecule has 5 N–H and O–H groups in total. The Hall–Kier alpha value is -2.05. The molecule has 2 atom stereocenters. The third-order valence-corrected chi connectivity index (χ3v) is 3.14. The summed E-state index contributed by atoms with van der Waals surface area (Å²) in [7, 11) is 0. The molecule has 1 aromatic heterocycles. The van der Waals surface area contributed by atoms with E-state index in [0.717, 1.165) is 18.4 Å². The number of carbonyl (C=O) groups excluding carboxylic acids is 2. The zero-order chi connectivity index (χ0) is 14.4. The lowest BCUT2D eigenvalue weighted by atomic mass is 9.98. The molecular formula is C12H21N5O2. The summed E-state index contributed by atoms with van der Waals surface area (Å²) in [6.07, 6.45) is 3.17. The second-order valence-electron chi connectivity index (χ2n) is 4.48. The molecule has 19 heavy (non-hydrogen) atoms. The predicted octanol–water partition coefficient (Wildman–Crippen LogP) is 0.994. The van der Waals surface area contributed by atoms with Crippen molar-refractivity contribution in [2.24, 2.45) is 11.7 Å². The van der Waals surface area contributed by atoms with E-state index < -0.39 is 12.1 Å². The number of aromatic nitrogens is 2. The molecule has 7 nitrogen and oxygen atoms in total. The minimum atomic E-state index is -0.708. The number of nitrogens with zero attached hydrogens (tertiary/aromatic N) is 1. The lowest BCUT2D eigenvalue weighted by molar-refractivity contribution is -0.119. The minimum absolute atomic E-state index is 0.0134. The van der Waals surface area contributed by atoms with Crippen molar-refractivity contribution in [3.63, 3.8) is 0 Å². The number of aromatic amines is 1. The summed E-state index contributed by atoms with van der Waals surface area (Å²) in [5, 5.41) is 11.8. The predicted molar refractivity (Wildman–Crippen MR) is 72.6 cm³/mol. The molecule has 1 heterocycles. The summed E-state index contributed by atoms with van der Waals surface area (Å²) in [5.74, 6) is 0.250. The number of amides is 3. The summed E-state index contributed by atoms with van der Waals surface area (Å²) >= 11 is 0. The molecule has 2 unspecified atom stereocenters. The fourth-order valence-electron chi connectivity index (χ4n) is 1.74. The average molecular weight is 267 g/mol. The normalized spacial score (nSPS) is 13.6. The quantitative estimate of drug-likeness (QED) is 0.616. The fraction of sp³-hybridized carbons (Fsp3) is 0.583. The number of H-pyrrole nitrogens is 1. The van der Waals surface area contributed by atoms with Gasteiger partial charge in [-0.1, -0.05) is 27.2 Å². The third kappa shape index (κ3) is 3.97. The second-order valence-corrected chi connectivity index (χ2v) is 4.48. The molecule has 0 fully saturated rings. The van der Waals surface area contributed by atoms with Crippen molar-refractivity contribution in [2.75, 3.05) is 5.32 Å². The van der Waals surface area contributed by atoms with Crippen LogP contribution in [0.4, 0.5) is 10.6 Å². The highest BCUT2D eigenvalue weighted by Gasteiger charge is 2.25. The molecule has 7 heteroatoms. The fourth-order valence-corrected chi connectivity index (χ4v) is 1.74. The number of anilines is 1. The summed E-state index contributed by atoms with van der Waals surface area (Å²) in [6, 6.07) is -1.36. The average Bonchev–Trinajstić information content (AvgIpc) is 2.81. The van der Waals surface area contributed by atoms with E-state index in [4.69, 9.17) is 5.73 Å². The van der Waals surface area contributed by atoms with Gasteiger partial charge >= 0.3 is 6.03 Å². The monoisotopic (exact) mass is 267 g/mol. The van der Waals surface area contributed by atoms with E-state index >= 15 is 0 Å². The van der Waals surface area contributed by atoms with Crippen molar-refractivity contribution in [1.29, 1.82) is 0 Å². The Balaban J connectivity index is 2.79. The molecular weight excluding hydrogens is 246 g/mol. The highest BCUT2D eigenvalue weighted by molar-refractivity contribution is 5.96. The Bertz CT molecular complexity index is 443. The first-order valence-electron chi connectivity index (χ1n) is 6.38. The summed E-state index contributed by atoms with van der Waals surface area (Å²) in [6.45, 7) is 5.80. The van der Waals surface area contributed by atoms with Gasteiger partial charge in [0.05, 0.1) is 6.20 Å². The van der Waals surface area contributed by atoms with E-state index in [1.165, 1.54) is 0 Å². The molecule has 0 spiro atoms. The Labute approximate surface area is 112 Å². The Kier molecular flexibility index (Phi) is 5.35. The standard InChI is InChI=1S/C12H21N5O2/c1-4-7(3)9(15-12(13)19)11(18)16-10-8(5-2)6-14-17-10/h6-7,9H,4-5H2,1-3H3,(H3,13,15,19)(H2,14,16,17,18). The molecule has 1 aromatic rings. The molecule has 0 radical (unpaired) electrons. The van der Waals surface area contributed by atoms with Gasteiger partial charge in [-0.25, -0.2) is 4.79 Å². The number of hydrogen-bond acceptors (Lipinski definition) is 3. The van der Waals surface area contributed by atoms with E-state index in [1.807, 2.05) is 20.8 Å². The van der Waals surface area contributed by atoms with Crippen LogP contribution in [0.3, 0.4) is 0 Å². The molecule has 0 saturated carbocycles. The van der Waals surface area contributed by atoms with Crippen molar-refractivity contribution in [3.05, 3.63) is 11.8 Å². The first-order valence-corrected chi connectivity index (χ1v) is 6.38. The largest absolute Gasteiger partial charge is 0.352 e. The Morgan fingerprint density at radius 1 is 1.47 bits per heavy atom. The van der Waals surface area contributed by atoms with Crippen LogP contribution in [0.25, 0.3) is 0 Å². The summed E-state index contributed by atoms with van der Waals surface area (Å²) in [4.78, 5) is 23.2. The zero-order valence-electron chi connectivity index (χ0n) is 11.5. The van der Waals surface area contributed by atoms with Crippen LogP contribution in [0.1, 0.15) is 32.8 Å². The molecule has 0 aliphatic heterocycles. The van der Waals surface area contributed by atoms with Gasteiger partial charge in [0.25, 0.3) is 0 Å². The van der Waals surface area contributed by atoms with Crippen molar-refractivity contribution in [3.8, 4) is 0 Å². The van der Waals surface area contributed by atoms with E-state index in [9.17, 15) is 9.59 Å². The highest BCUT2D eigenvalue weighted by Crippen LogP contribution is 2.14. The number of hydrogen-bond donors (Lipinski definition) is 4. The van der Waals surface area contributed by atoms with Crippen LogP contribution in [0.15, 0.2) is 6.20 Å². The first kappa shape index (κ1) is 15.0. The van der Waals surface area contributed by atoms with Crippen molar-refractivity contribution < 1.29 is 9.59 Å². The van der Waals surface area contributed by atoms with Crippen molar-refractivity contribution in [2.45, 2.75) is 39.7 Å². The van der Waals surface area contributed by atoms with Gasteiger partial charge in [-0.05, 0) is 12.3 Å². The van der Waals surface area contributed by atoms with Crippen LogP contribution in [-0.4, -0.2) is 28.2 Å². The number of primary amides is 1. The number of rotatable bonds is 6. The highest BCUT2D eigenvalue weighted by atomic mass is 16.2. The van der Waals surface area contributed by atoms with E-state index in [-0.39, 0.29) is 11.8 Å². The Morgan fingerprint density at radius 2 is 2.16 bits per heavy atom. The van der Waals surface area contributed by atoms with Gasteiger partial charge in [-0.15, -0.1) is 0 Å². The number of carbonyl (C=O) groups is 2. The van der Waals surface area contributed by atoms with Gasteiger partial charge in [0.2, 0.25) is 5.91 Å². The Morgan fingerprint density at radius 3 is 2.68 bits per heavy atom. The van der Waals surface area contributed by atoms with Crippen molar-refractivity contribution in [1.82, 2.24) is 15.5 Å². The van der Waals surface area contributed by atoms with Crippen LogP contribution in [0.2, 0.25) is 0 Å². The maximum atomic E-state index is 12.2. The van der Waals surface area contributed by atoms with E-state index in [2.05, 4.69) is 20.8 Å². The number of urea groups is 1. The SMILES string of the molecule is CCc1cn[nH]c1NC(=O)C(NC(N)=O)C(C)CC. The molecule has 0 bridgehead atoms. The molecule has 0 aliphatic carbocycles. The lowest BCUT2D eigenvalue weighted by Gasteiger charge is -2.22. The van der Waals surface area contributed by atoms with Crippen LogP contribution >= 0.6 is 0 Å². The van der Waals surface area contributed by atoms with Crippen LogP contribution in [-0.2, 0) is 11.2 Å². The number of nitrogens with two attached hydrogens (primary N) is 1. The molecule has 0 aromatic carbocycles. The second kappa shape index (κ2) is 6.77. The maximum absolute atomic E-state index is 12.2. The van der Waals surface area contributed by atoms with Gasteiger partial charge in [-0.3, -0.25) is 9.89 Å². The van der Waals surface area contributed by atoms with E-state index in [0.29, 0.717) is 5.82 Å². The van der Waals surface area contributed by atoms with Crippen LogP contribution in [0.5, 0.6) is 0 Å². The molecule has 106 valence electrons. The smallest absolute Gasteiger partial charge is 0.312 e. The molecule has 3 amide bonds. The summed E-state index contributed by atoms with van der Waals surface area (Å²) in [5.41, 5.74) is 6.02. The topological polar surface area (TPSA) is 113 Å². The van der Waals surface area contributed by atoms with Crippen LogP contribution in [0, 0.1) is 5.92 Å². The van der Waals surface area contributed by atoms with E-state index in [1.54, 1.807) is 6.20 Å². The number of aryl methyl sites for hydroxylation is 1. The molecule has 1 rings (SSSR count). The first-order chi connectivity index (χ1) is 8.99. The molecule has 0 aliphatic rings. The van der Waals surface area contributed by atoms with Gasteiger partial charge in [0.1, 0.15) is 11.9 Å². The van der Waals surface area contributed by atoms with Crippen molar-refractivity contribution >= 4 is 17.8 Å². The van der Waals surface area contributed by atoms with Crippen LogP contribution < -0.4 is 16.4 Å². The van der Waals surface area contributed by atoms with Gasteiger partial charge < -0.3 is 16.4 Å². The minimum Gasteiger partial charge on any atom is -0.352 e. The van der Waals surface area contributed by atoms with Gasteiger partial charge in [-0.2, -0.15) is 5.10 Å². The third-order valence-electron chi connectivity index (χ3n) is 3.14. The summed E-state index contributed by atoms with van der Waals surface area (Å²) < 4.78 is 0. The molecule has 0 saturated heterocycles. The maximum Gasteiger partial charge on any atom is 0.312 e. The van der Waals surface area contributed by atoms with Gasteiger partial charge in [0, 0.05) is 5.56 Å². The lowest BCUT2D eigenvalue weighted by Crippen LogP contribution is -2.49.